The van der Waals surface area contributed by atoms with Gasteiger partial charge in [-0.3, -0.25) is 4.79 Å². The normalized spacial score (nSPS) is 4.17. The molecular weight excluding hydrogens is 94.9 g/mol. The molecule has 0 rings (SSSR count). The molecule has 0 heterocycles. The molecule has 0 fully saturated rings. The molecule has 0 spiro atoms. The fourth-order valence-electron chi connectivity index (χ4n) is 0. The molecule has 6 heavy (non-hydrogen) atoms. The van der Waals surface area contributed by atoms with Crippen molar-refractivity contribution in [2.75, 3.05) is 0 Å². The van der Waals surface area contributed by atoms with Gasteiger partial charge in [-0.25, -0.2) is 0 Å². The van der Waals surface area contributed by atoms with Crippen LogP contribution in [0.5, 0.6) is 0 Å². The first-order valence-electron chi connectivity index (χ1n) is 0.928. The molecule has 4 heteroatoms. The number of carbonyl (C=O) groups is 1. The first-order chi connectivity index (χ1) is 1.73. The van der Waals surface area contributed by atoms with Gasteiger partial charge in [0.25, 0.3) is 5.97 Å². The van der Waals surface area contributed by atoms with Crippen LogP contribution >= 0.6 is 0 Å². The summed E-state index contributed by atoms with van der Waals surface area (Å²) in [7, 11) is 0. The van der Waals surface area contributed by atoms with Crippen LogP contribution in [0.4, 0.5) is 0 Å². The van der Waals surface area contributed by atoms with E-state index in [-0.39, 0.29) is 19.4 Å². The summed E-state index contributed by atoms with van der Waals surface area (Å²) in [5.41, 5.74) is 0. The molecule has 0 saturated heterocycles. The minimum Gasteiger partial charge on any atom is -0.481 e. The summed E-state index contributed by atoms with van der Waals surface area (Å²) < 4.78 is 0. The van der Waals surface area contributed by atoms with E-state index in [4.69, 9.17) is 9.90 Å². The highest BCUT2D eigenvalue weighted by molar-refractivity contribution is 5.76. The van der Waals surface area contributed by atoms with Crippen molar-refractivity contribution in [3.8, 4) is 0 Å². The molecule has 0 atom stereocenters. The van der Waals surface area contributed by atoms with Crippen molar-refractivity contribution in [2.24, 2.45) is 0 Å². The fraction of sp³-hybridized carbons (Fsp3) is 0.500. The van der Waals surface area contributed by atoms with Crippen LogP contribution in [0.1, 0.15) is 6.92 Å². The van der Waals surface area contributed by atoms with Gasteiger partial charge in [-0.15, -0.1) is 0 Å². The van der Waals surface area contributed by atoms with E-state index < -0.39 is 5.97 Å². The van der Waals surface area contributed by atoms with Crippen molar-refractivity contribution in [2.45, 2.75) is 6.92 Å². The van der Waals surface area contributed by atoms with Gasteiger partial charge in [0.05, 0.1) is 0 Å². The number of hydrogen-bond donors (Lipinski definition) is 1. The van der Waals surface area contributed by atoms with Gasteiger partial charge in [0, 0.05) is 15.3 Å². The van der Waals surface area contributed by atoms with Crippen molar-refractivity contribution in [3.63, 3.8) is 0 Å². The van der Waals surface area contributed by atoms with Gasteiger partial charge in [-0.2, -0.15) is 0 Å². The molecule has 0 aromatic rings. The Morgan fingerprint density at radius 1 is 1.67 bits per heavy atom. The maximum Gasteiger partial charge on any atom is 0.300 e. The van der Waals surface area contributed by atoms with E-state index >= 15 is 0 Å². The summed E-state index contributed by atoms with van der Waals surface area (Å²) in [5, 5.41) is 7.42. The Kier molecular flexibility index (Phi) is 25.2. The van der Waals surface area contributed by atoms with Crippen LogP contribution in [-0.2, 0) is 4.79 Å². The van der Waals surface area contributed by atoms with E-state index in [0.29, 0.717) is 0 Å². The van der Waals surface area contributed by atoms with Crippen molar-refractivity contribution in [3.05, 3.63) is 0 Å². The van der Waals surface area contributed by atoms with Crippen LogP contribution in [0.2, 0.25) is 0 Å². The third kappa shape index (κ3) is 461. The standard InChI is InChI=1S/C2H4O2.B.H4Si/c1-2(3)4;;/h1H3,(H,3,4);;1H4. The smallest absolute Gasteiger partial charge is 0.300 e. The van der Waals surface area contributed by atoms with Gasteiger partial charge in [-0.1, -0.05) is 0 Å². The minimum absolute atomic E-state index is 0. The van der Waals surface area contributed by atoms with Crippen molar-refractivity contribution in [1.82, 2.24) is 0 Å². The van der Waals surface area contributed by atoms with Gasteiger partial charge in [-0.05, 0) is 11.0 Å². The largest absolute Gasteiger partial charge is 0.481 e. The molecule has 0 aliphatic heterocycles. The number of aliphatic carboxylic acids is 1. The summed E-state index contributed by atoms with van der Waals surface area (Å²) in [6.07, 6.45) is 0. The Bertz CT molecular complexity index is 34.5. The lowest BCUT2D eigenvalue weighted by Crippen LogP contribution is -1.78. The molecule has 3 radical (unpaired) electrons. The Labute approximate surface area is 43.2 Å². The van der Waals surface area contributed by atoms with Crippen LogP contribution in [0, 0.1) is 0 Å². The van der Waals surface area contributed by atoms with Crippen molar-refractivity contribution >= 4 is 25.3 Å². The third-order valence-corrected chi connectivity index (χ3v) is 0. The summed E-state index contributed by atoms with van der Waals surface area (Å²) >= 11 is 0. The van der Waals surface area contributed by atoms with E-state index in [1.165, 1.54) is 0 Å². The van der Waals surface area contributed by atoms with E-state index in [2.05, 4.69) is 0 Å². The molecular formula is C2H8BO2Si. The molecule has 0 saturated carbocycles. The van der Waals surface area contributed by atoms with Gasteiger partial charge < -0.3 is 5.11 Å². The zero-order valence-corrected chi connectivity index (χ0v) is 2.93. The monoisotopic (exact) mass is 103 g/mol. The molecule has 1 N–H and O–H groups in total. The maximum atomic E-state index is 9.00. The molecule has 0 aliphatic rings. The lowest BCUT2D eigenvalue weighted by atomic mass is 10.8. The highest BCUT2D eigenvalue weighted by Gasteiger charge is 1.65. The second kappa shape index (κ2) is 8.83. The predicted molar refractivity (Wildman–Crippen MR) is 30.4 cm³/mol. The summed E-state index contributed by atoms with van der Waals surface area (Å²) in [6, 6.07) is 0. The molecule has 0 aromatic carbocycles. The van der Waals surface area contributed by atoms with Gasteiger partial charge in [0.1, 0.15) is 0 Å². The minimum atomic E-state index is -0.833. The predicted octanol–water partition coefficient (Wildman–Crippen LogP) is -1.74. The Morgan fingerprint density at radius 2 is 1.67 bits per heavy atom. The fourth-order valence-corrected chi connectivity index (χ4v) is 0. The molecule has 2 nitrogen and oxygen atoms in total. The average Bonchev–Trinajstić information content (AvgIpc) is 0.811. The first kappa shape index (κ1) is 17.2. The lowest BCUT2D eigenvalue weighted by Gasteiger charge is -1.59. The van der Waals surface area contributed by atoms with Crippen LogP contribution in [0.25, 0.3) is 0 Å². The first-order valence-corrected chi connectivity index (χ1v) is 0.928. The quantitative estimate of drug-likeness (QED) is 0.369. The molecule has 35 valence electrons. The summed E-state index contributed by atoms with van der Waals surface area (Å²) in [5.74, 6) is -0.833. The van der Waals surface area contributed by atoms with Gasteiger partial charge >= 0.3 is 0 Å². The van der Waals surface area contributed by atoms with E-state index in [0.717, 1.165) is 6.92 Å². The SMILES string of the molecule is CC(=O)O.[B].[SiH4]. The van der Waals surface area contributed by atoms with Crippen LogP contribution < -0.4 is 0 Å². The molecule has 0 aromatic heterocycles. The maximum absolute atomic E-state index is 9.00. The van der Waals surface area contributed by atoms with Crippen molar-refractivity contribution in [1.29, 1.82) is 0 Å². The van der Waals surface area contributed by atoms with Gasteiger partial charge in [0.2, 0.25) is 0 Å². The molecule has 0 unspecified atom stereocenters. The zero-order valence-electron chi connectivity index (χ0n) is 2.93. The van der Waals surface area contributed by atoms with Crippen LogP contribution in [0.3, 0.4) is 0 Å². The highest BCUT2D eigenvalue weighted by Crippen LogP contribution is 1.42. The molecule has 0 amide bonds. The lowest BCUT2D eigenvalue weighted by molar-refractivity contribution is -0.134. The zero-order chi connectivity index (χ0) is 3.58. The second-order valence-corrected chi connectivity index (χ2v) is 0.519. The topological polar surface area (TPSA) is 37.3 Å². The molecule has 0 bridgehead atoms. The average molecular weight is 103 g/mol. The number of hydrogen-bond acceptors (Lipinski definition) is 1. The third-order valence-electron chi connectivity index (χ3n) is 0. The van der Waals surface area contributed by atoms with E-state index in [1.807, 2.05) is 0 Å². The summed E-state index contributed by atoms with van der Waals surface area (Å²) in [4.78, 5) is 9.00. The second-order valence-electron chi connectivity index (χ2n) is 0.519. The Balaban J connectivity index is -0.0000000450. The van der Waals surface area contributed by atoms with Crippen LogP contribution in [-0.4, -0.2) is 30.5 Å². The summed E-state index contributed by atoms with van der Waals surface area (Å²) in [6.45, 7) is 1.08. The van der Waals surface area contributed by atoms with E-state index in [9.17, 15) is 0 Å². The Hall–Kier alpha value is -0.248. The number of rotatable bonds is 0. The van der Waals surface area contributed by atoms with E-state index in [1.54, 1.807) is 0 Å². The Morgan fingerprint density at radius 3 is 1.67 bits per heavy atom. The highest BCUT2D eigenvalue weighted by atomic mass is 28.1. The van der Waals surface area contributed by atoms with Crippen molar-refractivity contribution < 1.29 is 9.90 Å². The number of carboxylic acids is 1. The number of carboxylic acid groups (broad SMARTS) is 1. The van der Waals surface area contributed by atoms with Gasteiger partial charge in [0.15, 0.2) is 0 Å². The molecule has 0 aliphatic carbocycles. The van der Waals surface area contributed by atoms with Crippen LogP contribution in [0.15, 0.2) is 0 Å².